The maximum absolute atomic E-state index is 12.6. The van der Waals surface area contributed by atoms with Gasteiger partial charge in [0.15, 0.2) is 0 Å². The predicted molar refractivity (Wildman–Crippen MR) is 100 cm³/mol. The third kappa shape index (κ3) is 5.61. The van der Waals surface area contributed by atoms with Crippen LogP contribution in [0.5, 0.6) is 0 Å². The second kappa shape index (κ2) is 8.03. The van der Waals surface area contributed by atoms with E-state index in [1.807, 2.05) is 38.2 Å². The zero-order chi connectivity index (χ0) is 19.3. The molecular weight excluding hydrogens is 332 g/mol. The summed E-state index contributed by atoms with van der Waals surface area (Å²) in [6.07, 6.45) is 2.93. The van der Waals surface area contributed by atoms with Gasteiger partial charge in [-0.15, -0.1) is 0 Å². The van der Waals surface area contributed by atoms with Gasteiger partial charge >= 0.3 is 6.09 Å². The molecule has 0 saturated carbocycles. The lowest BCUT2D eigenvalue weighted by Gasteiger charge is -2.25. The second-order valence-electron chi connectivity index (χ2n) is 7.35. The van der Waals surface area contributed by atoms with Crippen molar-refractivity contribution in [1.29, 1.82) is 0 Å². The average molecular weight is 358 g/mol. The van der Waals surface area contributed by atoms with Crippen LogP contribution in [0.2, 0.25) is 0 Å². The van der Waals surface area contributed by atoms with Gasteiger partial charge < -0.3 is 15.4 Å². The smallest absolute Gasteiger partial charge is 0.408 e. The number of nitrogens with zero attached hydrogens (tertiary/aromatic N) is 2. The molecule has 0 saturated heterocycles. The minimum absolute atomic E-state index is 0.0918. The number of hydrogen-bond acceptors (Lipinski definition) is 4. The minimum atomic E-state index is -0.698. The molecule has 1 aromatic heterocycles. The van der Waals surface area contributed by atoms with Crippen molar-refractivity contribution in [2.24, 2.45) is 5.92 Å². The summed E-state index contributed by atoms with van der Waals surface area (Å²) >= 11 is 0. The van der Waals surface area contributed by atoms with Crippen molar-refractivity contribution in [3.05, 3.63) is 42.7 Å². The fourth-order valence-electron chi connectivity index (χ4n) is 2.31. The Morgan fingerprint density at radius 2 is 1.81 bits per heavy atom. The summed E-state index contributed by atoms with van der Waals surface area (Å²) in [7, 11) is 0. The van der Waals surface area contributed by atoms with E-state index in [-0.39, 0.29) is 11.8 Å². The highest BCUT2D eigenvalue weighted by Gasteiger charge is 2.27. The van der Waals surface area contributed by atoms with Crippen molar-refractivity contribution in [3.8, 4) is 5.69 Å². The van der Waals surface area contributed by atoms with Gasteiger partial charge in [0.25, 0.3) is 0 Å². The zero-order valence-corrected chi connectivity index (χ0v) is 15.8. The molecule has 0 radical (unpaired) electrons. The lowest BCUT2D eigenvalue weighted by atomic mass is 10.0. The molecule has 2 amide bonds. The van der Waals surface area contributed by atoms with Crippen LogP contribution in [-0.4, -0.2) is 33.4 Å². The van der Waals surface area contributed by atoms with Crippen molar-refractivity contribution < 1.29 is 14.3 Å². The molecule has 0 aliphatic rings. The molecule has 1 heterocycles. The highest BCUT2D eigenvalue weighted by Crippen LogP contribution is 2.14. The number of anilines is 1. The van der Waals surface area contributed by atoms with E-state index in [4.69, 9.17) is 4.74 Å². The molecule has 0 aliphatic carbocycles. The largest absolute Gasteiger partial charge is 0.444 e. The molecule has 1 aromatic carbocycles. The van der Waals surface area contributed by atoms with E-state index in [1.165, 1.54) is 0 Å². The maximum Gasteiger partial charge on any atom is 0.408 e. The lowest BCUT2D eigenvalue weighted by Crippen LogP contribution is -2.48. The number of benzene rings is 1. The van der Waals surface area contributed by atoms with Gasteiger partial charge in [0.1, 0.15) is 11.6 Å². The monoisotopic (exact) mass is 358 g/mol. The molecule has 0 fully saturated rings. The normalized spacial score (nSPS) is 12.5. The lowest BCUT2D eigenvalue weighted by molar-refractivity contribution is -0.119. The van der Waals surface area contributed by atoms with Crippen LogP contribution in [0, 0.1) is 5.92 Å². The van der Waals surface area contributed by atoms with Crippen LogP contribution in [0.3, 0.4) is 0 Å². The number of rotatable bonds is 5. The predicted octanol–water partition coefficient (Wildman–Crippen LogP) is 3.36. The topological polar surface area (TPSA) is 85.2 Å². The van der Waals surface area contributed by atoms with Crippen LogP contribution >= 0.6 is 0 Å². The number of ether oxygens (including phenoxy) is 1. The third-order valence-corrected chi connectivity index (χ3v) is 3.53. The zero-order valence-electron chi connectivity index (χ0n) is 15.8. The number of hydrogen-bond donors (Lipinski definition) is 2. The summed E-state index contributed by atoms with van der Waals surface area (Å²) in [4.78, 5) is 24.6. The molecule has 2 rings (SSSR count). The molecule has 2 aromatic rings. The molecule has 7 heteroatoms. The summed E-state index contributed by atoms with van der Waals surface area (Å²) in [5, 5.41) is 9.62. The van der Waals surface area contributed by atoms with E-state index in [9.17, 15) is 9.59 Å². The Bertz CT molecular complexity index is 731. The van der Waals surface area contributed by atoms with Gasteiger partial charge in [0.05, 0.1) is 5.69 Å². The van der Waals surface area contributed by atoms with Crippen LogP contribution < -0.4 is 10.6 Å². The van der Waals surface area contributed by atoms with Crippen molar-refractivity contribution in [3.63, 3.8) is 0 Å². The van der Waals surface area contributed by atoms with Crippen LogP contribution in [-0.2, 0) is 9.53 Å². The van der Waals surface area contributed by atoms with Crippen molar-refractivity contribution in [2.75, 3.05) is 5.32 Å². The Hall–Kier alpha value is -2.83. The number of carbonyl (C=O) groups excluding carboxylic acids is 2. The van der Waals surface area contributed by atoms with Gasteiger partial charge in [-0.05, 0) is 57.0 Å². The van der Waals surface area contributed by atoms with E-state index in [1.54, 1.807) is 43.8 Å². The van der Waals surface area contributed by atoms with E-state index >= 15 is 0 Å². The fraction of sp³-hybridized carbons (Fsp3) is 0.421. The molecule has 2 N–H and O–H groups in total. The van der Waals surface area contributed by atoms with E-state index in [0.717, 1.165) is 5.69 Å². The summed E-state index contributed by atoms with van der Waals surface area (Å²) in [6.45, 7) is 9.05. The number of aromatic nitrogens is 2. The summed E-state index contributed by atoms with van der Waals surface area (Å²) in [6, 6.07) is 8.43. The molecular formula is C19H26N4O3. The first-order valence-electron chi connectivity index (χ1n) is 8.56. The Labute approximate surface area is 153 Å². The highest BCUT2D eigenvalue weighted by atomic mass is 16.6. The average Bonchev–Trinajstić information content (AvgIpc) is 3.05. The van der Waals surface area contributed by atoms with E-state index in [2.05, 4.69) is 15.7 Å². The second-order valence-corrected chi connectivity index (χ2v) is 7.35. The van der Waals surface area contributed by atoms with Crippen LogP contribution in [0.25, 0.3) is 5.69 Å². The summed E-state index contributed by atoms with van der Waals surface area (Å²) < 4.78 is 6.96. The summed E-state index contributed by atoms with van der Waals surface area (Å²) in [5.74, 6) is -0.386. The molecule has 26 heavy (non-hydrogen) atoms. The molecule has 0 bridgehead atoms. The van der Waals surface area contributed by atoms with E-state index < -0.39 is 17.7 Å². The molecule has 7 nitrogen and oxygen atoms in total. The Morgan fingerprint density at radius 1 is 1.15 bits per heavy atom. The fourth-order valence-corrected chi connectivity index (χ4v) is 2.31. The number of amides is 2. The van der Waals surface area contributed by atoms with Gasteiger partial charge in [-0.2, -0.15) is 5.10 Å². The first kappa shape index (κ1) is 19.5. The van der Waals surface area contributed by atoms with Crippen LogP contribution in [0.4, 0.5) is 10.5 Å². The quantitative estimate of drug-likeness (QED) is 0.858. The number of nitrogens with one attached hydrogen (secondary N) is 2. The minimum Gasteiger partial charge on any atom is -0.444 e. The van der Waals surface area contributed by atoms with Gasteiger partial charge in [0, 0.05) is 18.1 Å². The van der Waals surface area contributed by atoms with Crippen molar-refractivity contribution in [1.82, 2.24) is 15.1 Å². The SMILES string of the molecule is CC(C)C(NC(=O)OC(C)(C)C)C(=O)Nc1ccc(-n2cccn2)cc1. The molecule has 1 atom stereocenters. The van der Waals surface area contributed by atoms with Gasteiger partial charge in [-0.1, -0.05) is 13.8 Å². The van der Waals surface area contributed by atoms with Crippen LogP contribution in [0.1, 0.15) is 34.6 Å². The van der Waals surface area contributed by atoms with Gasteiger partial charge in [0.2, 0.25) is 5.91 Å². The van der Waals surface area contributed by atoms with Crippen molar-refractivity contribution >= 4 is 17.7 Å². The van der Waals surface area contributed by atoms with Crippen LogP contribution in [0.15, 0.2) is 42.7 Å². The Kier molecular flexibility index (Phi) is 6.02. The standard InChI is InChI=1S/C19H26N4O3/c1-13(2)16(22-18(25)26-19(3,4)5)17(24)21-14-7-9-15(10-8-14)23-12-6-11-20-23/h6-13,16H,1-5H3,(H,21,24)(H,22,25). The molecule has 1 unspecified atom stereocenters. The first-order valence-corrected chi connectivity index (χ1v) is 8.56. The van der Waals surface area contributed by atoms with Gasteiger partial charge in [-0.25, -0.2) is 9.48 Å². The molecule has 0 spiro atoms. The number of carbonyl (C=O) groups is 2. The Balaban J connectivity index is 2.02. The maximum atomic E-state index is 12.6. The highest BCUT2D eigenvalue weighted by molar-refractivity contribution is 5.96. The van der Waals surface area contributed by atoms with Gasteiger partial charge in [-0.3, -0.25) is 4.79 Å². The Morgan fingerprint density at radius 3 is 2.31 bits per heavy atom. The van der Waals surface area contributed by atoms with E-state index in [0.29, 0.717) is 5.69 Å². The first-order chi connectivity index (χ1) is 12.2. The molecule has 140 valence electrons. The third-order valence-electron chi connectivity index (χ3n) is 3.53. The summed E-state index contributed by atoms with van der Waals surface area (Å²) in [5.41, 5.74) is 0.910. The van der Waals surface area contributed by atoms with Crippen molar-refractivity contribution in [2.45, 2.75) is 46.3 Å². The molecule has 0 aliphatic heterocycles. The number of alkyl carbamates (subject to hydrolysis) is 1.